The Morgan fingerprint density at radius 2 is 1.67 bits per heavy atom. The minimum absolute atomic E-state index is 0.135. The number of carbonyl (C=O) groups is 1. The molecule has 3 aromatic rings. The van der Waals surface area contributed by atoms with E-state index in [1.165, 1.54) is 43.4 Å². The molecule has 6 nitrogen and oxygen atoms in total. The Morgan fingerprint density at radius 3 is 2.41 bits per heavy atom. The molecule has 6 heteroatoms. The van der Waals surface area contributed by atoms with Gasteiger partial charge in [-0.2, -0.15) is 0 Å². The standard InChI is InChI=1S/C33H41N5O/c1-4-30(31(36(2)3)24-38-15-6-5-7-16-38)26-13-14-28-22-34-32(21-29(28)20-26)35-33(39)27-12-10-11-25(19-27)23-37-17-8-9-18-37/h4,10-14,19-22H,1,5-9,15-18,23-24H2,2-3H3,(H,34,35,39)/b31-30+. The number of fused-ring (bicyclic) bond motifs is 1. The van der Waals surface area contributed by atoms with E-state index in [4.69, 9.17) is 0 Å². The van der Waals surface area contributed by atoms with E-state index in [0.29, 0.717) is 11.4 Å². The molecule has 39 heavy (non-hydrogen) atoms. The third-order valence-corrected chi connectivity index (χ3v) is 7.95. The first-order valence-electron chi connectivity index (χ1n) is 14.3. The molecule has 0 unspecified atom stereocenters. The number of hydrogen-bond acceptors (Lipinski definition) is 5. The quantitative estimate of drug-likeness (QED) is 0.347. The number of benzene rings is 2. The van der Waals surface area contributed by atoms with Crippen molar-refractivity contribution in [2.24, 2.45) is 0 Å². The topological polar surface area (TPSA) is 51.7 Å². The van der Waals surface area contributed by atoms with Crippen molar-refractivity contribution in [3.05, 3.63) is 89.8 Å². The Labute approximate surface area is 233 Å². The predicted octanol–water partition coefficient (Wildman–Crippen LogP) is 6.03. The molecule has 2 fully saturated rings. The van der Waals surface area contributed by atoms with Gasteiger partial charge < -0.3 is 10.2 Å². The average Bonchev–Trinajstić information content (AvgIpc) is 3.46. The molecule has 2 aromatic carbocycles. The zero-order chi connectivity index (χ0) is 27.2. The fraction of sp³-hybridized carbons (Fsp3) is 0.394. The maximum absolute atomic E-state index is 13.1. The Kier molecular flexibility index (Phi) is 8.74. The lowest BCUT2D eigenvalue weighted by molar-refractivity contribution is 0.102. The summed E-state index contributed by atoms with van der Waals surface area (Å²) in [6.45, 7) is 10.5. The van der Waals surface area contributed by atoms with Crippen LogP contribution in [0.3, 0.4) is 0 Å². The minimum atomic E-state index is -0.135. The van der Waals surface area contributed by atoms with Crippen molar-refractivity contribution in [2.75, 3.05) is 52.1 Å². The Morgan fingerprint density at radius 1 is 0.923 bits per heavy atom. The summed E-state index contributed by atoms with van der Waals surface area (Å²) in [5.74, 6) is 0.421. The number of nitrogens with zero attached hydrogens (tertiary/aromatic N) is 4. The summed E-state index contributed by atoms with van der Waals surface area (Å²) in [5.41, 5.74) is 5.36. The van der Waals surface area contributed by atoms with E-state index in [1.54, 1.807) is 0 Å². The normalized spacial score (nSPS) is 17.2. The molecule has 2 saturated heterocycles. The number of amides is 1. The van der Waals surface area contributed by atoms with E-state index in [0.717, 1.165) is 61.2 Å². The lowest BCUT2D eigenvalue weighted by Crippen LogP contribution is -2.34. The highest BCUT2D eigenvalue weighted by molar-refractivity contribution is 6.04. The molecule has 1 amide bonds. The van der Waals surface area contributed by atoms with Gasteiger partial charge in [0.05, 0.1) is 0 Å². The van der Waals surface area contributed by atoms with Crippen LogP contribution in [0.2, 0.25) is 0 Å². The average molecular weight is 524 g/mol. The fourth-order valence-corrected chi connectivity index (χ4v) is 5.77. The monoisotopic (exact) mass is 523 g/mol. The van der Waals surface area contributed by atoms with Crippen molar-refractivity contribution in [3.63, 3.8) is 0 Å². The van der Waals surface area contributed by atoms with Gasteiger partial charge >= 0.3 is 0 Å². The van der Waals surface area contributed by atoms with E-state index in [1.807, 2.05) is 36.5 Å². The van der Waals surface area contributed by atoms with Crippen LogP contribution < -0.4 is 5.32 Å². The first kappa shape index (κ1) is 27.1. The number of allylic oxidation sites excluding steroid dienone is 2. The van der Waals surface area contributed by atoms with Crippen LogP contribution in [0.1, 0.15) is 53.6 Å². The van der Waals surface area contributed by atoms with E-state index < -0.39 is 0 Å². The van der Waals surface area contributed by atoms with Gasteiger partial charge in [0.1, 0.15) is 5.82 Å². The second kappa shape index (κ2) is 12.6. The van der Waals surface area contributed by atoms with Crippen LogP contribution >= 0.6 is 0 Å². The van der Waals surface area contributed by atoms with Crippen molar-refractivity contribution in [1.82, 2.24) is 19.7 Å². The summed E-state index contributed by atoms with van der Waals surface area (Å²) in [6, 6.07) is 16.3. The Balaban J connectivity index is 1.36. The number of carbonyl (C=O) groups excluding carboxylic acids is 1. The van der Waals surface area contributed by atoms with Gasteiger partial charge in [-0.3, -0.25) is 14.6 Å². The van der Waals surface area contributed by atoms with Crippen molar-refractivity contribution in [1.29, 1.82) is 0 Å². The lowest BCUT2D eigenvalue weighted by Gasteiger charge is -2.31. The number of piperidine rings is 1. The summed E-state index contributed by atoms with van der Waals surface area (Å²) in [7, 11) is 4.23. The van der Waals surface area contributed by atoms with Crippen molar-refractivity contribution in [2.45, 2.75) is 38.6 Å². The molecule has 2 aliphatic rings. The summed E-state index contributed by atoms with van der Waals surface area (Å²) in [6.07, 6.45) is 10.2. The molecule has 0 spiro atoms. The van der Waals surface area contributed by atoms with Gasteiger partial charge in [-0.05, 0) is 92.6 Å². The summed E-state index contributed by atoms with van der Waals surface area (Å²) < 4.78 is 0. The van der Waals surface area contributed by atoms with Gasteiger partial charge in [0.15, 0.2) is 0 Å². The number of aromatic nitrogens is 1. The highest BCUT2D eigenvalue weighted by atomic mass is 16.1. The molecule has 0 bridgehead atoms. The molecule has 0 aliphatic carbocycles. The maximum Gasteiger partial charge on any atom is 0.256 e. The van der Waals surface area contributed by atoms with Gasteiger partial charge in [-0.25, -0.2) is 4.98 Å². The number of likely N-dealkylation sites (N-methyl/N-ethyl adjacent to an activating group) is 1. The second-order valence-corrected chi connectivity index (χ2v) is 11.1. The molecule has 0 radical (unpaired) electrons. The van der Waals surface area contributed by atoms with Crippen LogP contribution in [0.25, 0.3) is 16.3 Å². The predicted molar refractivity (Wildman–Crippen MR) is 162 cm³/mol. The molecular formula is C33H41N5O. The summed E-state index contributed by atoms with van der Waals surface area (Å²) in [5, 5.41) is 5.09. The highest BCUT2D eigenvalue weighted by Gasteiger charge is 2.17. The number of hydrogen-bond donors (Lipinski definition) is 1. The SMILES string of the molecule is C=C/C(=C(/CN1CCCCC1)N(C)C)c1ccc2cnc(NC(=O)c3cccc(CN4CCCC4)c3)cc2c1. The van der Waals surface area contributed by atoms with Crippen LogP contribution in [-0.4, -0.2) is 72.4 Å². The first-order chi connectivity index (χ1) is 19.0. The molecule has 1 N–H and O–H groups in total. The number of nitrogens with one attached hydrogen (secondary N) is 1. The van der Waals surface area contributed by atoms with Crippen LogP contribution in [-0.2, 0) is 6.54 Å². The van der Waals surface area contributed by atoms with Crippen molar-refractivity contribution < 1.29 is 4.79 Å². The van der Waals surface area contributed by atoms with Gasteiger partial charge in [0, 0.05) is 55.6 Å². The first-order valence-corrected chi connectivity index (χ1v) is 14.3. The smallest absolute Gasteiger partial charge is 0.256 e. The number of pyridine rings is 1. The van der Waals surface area contributed by atoms with Crippen molar-refractivity contribution >= 4 is 28.1 Å². The number of likely N-dealkylation sites (tertiary alicyclic amines) is 2. The molecule has 5 rings (SSSR count). The molecule has 204 valence electrons. The third-order valence-electron chi connectivity index (χ3n) is 7.95. The van der Waals surface area contributed by atoms with E-state index in [9.17, 15) is 4.79 Å². The molecule has 1 aromatic heterocycles. The van der Waals surface area contributed by atoms with Crippen LogP contribution in [0.15, 0.2) is 73.1 Å². The van der Waals surface area contributed by atoms with Gasteiger partial charge in [0.2, 0.25) is 0 Å². The summed E-state index contributed by atoms with van der Waals surface area (Å²) >= 11 is 0. The second-order valence-electron chi connectivity index (χ2n) is 11.1. The van der Waals surface area contributed by atoms with Gasteiger partial charge in [0.25, 0.3) is 5.91 Å². The molecule has 2 aliphatic heterocycles. The van der Waals surface area contributed by atoms with Gasteiger partial charge in [-0.15, -0.1) is 0 Å². The van der Waals surface area contributed by atoms with Crippen molar-refractivity contribution in [3.8, 4) is 0 Å². The number of rotatable bonds is 9. The zero-order valence-electron chi connectivity index (χ0n) is 23.5. The van der Waals surface area contributed by atoms with E-state index in [-0.39, 0.29) is 5.91 Å². The van der Waals surface area contributed by atoms with Crippen LogP contribution in [0, 0.1) is 0 Å². The molecule has 0 saturated carbocycles. The highest BCUT2D eigenvalue weighted by Crippen LogP contribution is 2.27. The fourth-order valence-electron chi connectivity index (χ4n) is 5.77. The van der Waals surface area contributed by atoms with Crippen LogP contribution in [0.4, 0.5) is 5.82 Å². The molecular weight excluding hydrogens is 482 g/mol. The third kappa shape index (κ3) is 6.75. The zero-order valence-corrected chi connectivity index (χ0v) is 23.5. The minimum Gasteiger partial charge on any atom is -0.379 e. The number of anilines is 1. The van der Waals surface area contributed by atoms with E-state index in [2.05, 4.69) is 69.9 Å². The summed E-state index contributed by atoms with van der Waals surface area (Å²) in [4.78, 5) is 24.8. The Bertz CT molecular complexity index is 1350. The van der Waals surface area contributed by atoms with Gasteiger partial charge in [-0.1, -0.05) is 43.3 Å². The van der Waals surface area contributed by atoms with Crippen LogP contribution in [0.5, 0.6) is 0 Å². The Hall–Kier alpha value is -3.48. The molecule has 3 heterocycles. The largest absolute Gasteiger partial charge is 0.379 e. The lowest BCUT2D eigenvalue weighted by atomic mass is 9.99. The molecule has 0 atom stereocenters. The maximum atomic E-state index is 13.1. The van der Waals surface area contributed by atoms with E-state index >= 15 is 0 Å².